The number of carbonyl (C=O) groups is 1. The van der Waals surface area contributed by atoms with Crippen molar-refractivity contribution in [2.24, 2.45) is 0 Å². The summed E-state index contributed by atoms with van der Waals surface area (Å²) in [5.74, 6) is 0.883. The second-order valence-electron chi connectivity index (χ2n) is 7.03. The van der Waals surface area contributed by atoms with Crippen LogP contribution in [0.25, 0.3) is 11.0 Å². The number of fused-ring (bicyclic) bond motifs is 1. The van der Waals surface area contributed by atoms with Crippen LogP contribution >= 0.6 is 11.6 Å². The lowest BCUT2D eigenvalue weighted by Crippen LogP contribution is -2.23. The Bertz CT molecular complexity index is 873. The molecule has 1 heterocycles. The summed E-state index contributed by atoms with van der Waals surface area (Å²) in [5, 5.41) is 0.709. The third kappa shape index (κ3) is 3.36. The van der Waals surface area contributed by atoms with Gasteiger partial charge in [0.1, 0.15) is 5.82 Å². The van der Waals surface area contributed by atoms with Crippen LogP contribution in [0.2, 0.25) is 5.02 Å². The molecule has 0 aliphatic carbocycles. The first-order valence-corrected chi connectivity index (χ1v) is 8.49. The number of imidazole rings is 1. The van der Waals surface area contributed by atoms with Gasteiger partial charge in [-0.3, -0.25) is 9.36 Å². The summed E-state index contributed by atoms with van der Waals surface area (Å²) < 4.78 is 1.78. The van der Waals surface area contributed by atoms with Gasteiger partial charge >= 0.3 is 0 Å². The zero-order chi connectivity index (χ0) is 17.3. The van der Waals surface area contributed by atoms with Gasteiger partial charge in [-0.25, -0.2) is 4.98 Å². The van der Waals surface area contributed by atoms with E-state index in [0.717, 1.165) is 22.4 Å². The molecule has 0 saturated heterocycles. The summed E-state index contributed by atoms with van der Waals surface area (Å²) in [7, 11) is 0. The molecule has 0 fully saturated rings. The number of hydrogen-bond donors (Lipinski definition) is 0. The van der Waals surface area contributed by atoms with Crippen molar-refractivity contribution in [1.29, 1.82) is 0 Å². The van der Waals surface area contributed by atoms with Gasteiger partial charge in [0.15, 0.2) is 0 Å². The average Bonchev–Trinajstić information content (AvgIpc) is 2.94. The quantitative estimate of drug-likeness (QED) is 0.651. The van der Waals surface area contributed by atoms with E-state index in [-0.39, 0.29) is 11.3 Å². The van der Waals surface area contributed by atoms with Crippen molar-refractivity contribution in [3.05, 3.63) is 64.9 Å². The molecule has 3 nitrogen and oxygen atoms in total. The summed E-state index contributed by atoms with van der Waals surface area (Å²) in [6.45, 7) is 6.24. The van der Waals surface area contributed by atoms with Gasteiger partial charge in [-0.05, 0) is 36.2 Å². The van der Waals surface area contributed by atoms with Gasteiger partial charge in [0.25, 0.3) is 0 Å². The van der Waals surface area contributed by atoms with E-state index in [1.807, 2.05) is 48.5 Å². The van der Waals surface area contributed by atoms with Crippen LogP contribution in [0.4, 0.5) is 0 Å². The van der Waals surface area contributed by atoms with Crippen LogP contribution in [-0.2, 0) is 11.8 Å². The number of halogens is 1. The molecule has 0 atom stereocenters. The Kier molecular flexibility index (Phi) is 4.46. The number of hydrogen-bond acceptors (Lipinski definition) is 2. The van der Waals surface area contributed by atoms with Crippen LogP contribution in [0.1, 0.15) is 43.4 Å². The van der Waals surface area contributed by atoms with Gasteiger partial charge in [0, 0.05) is 16.9 Å². The molecule has 0 amide bonds. The van der Waals surface area contributed by atoms with Crippen LogP contribution in [-0.4, -0.2) is 15.5 Å². The Labute approximate surface area is 147 Å². The number of rotatable bonds is 3. The summed E-state index contributed by atoms with van der Waals surface area (Å²) in [5.41, 5.74) is 2.65. The highest BCUT2D eigenvalue weighted by atomic mass is 35.5. The first-order valence-electron chi connectivity index (χ1n) is 8.12. The lowest BCUT2D eigenvalue weighted by atomic mass is 9.95. The van der Waals surface area contributed by atoms with Gasteiger partial charge in [0.2, 0.25) is 5.91 Å². The standard InChI is InChI=1S/C20H21ClN2O/c1-20(2,3)19-22-16-6-4-5-7-17(16)23(19)18(24)13-10-14-8-11-15(21)12-9-14/h4-9,11-12H,10,13H2,1-3H3. The molecule has 0 aliphatic rings. The number of aryl methyl sites for hydroxylation is 1. The van der Waals surface area contributed by atoms with E-state index in [0.29, 0.717) is 17.9 Å². The van der Waals surface area contributed by atoms with Gasteiger partial charge < -0.3 is 0 Å². The maximum Gasteiger partial charge on any atom is 0.232 e. The molecule has 0 unspecified atom stereocenters. The minimum Gasteiger partial charge on any atom is -0.274 e. The highest BCUT2D eigenvalue weighted by Crippen LogP contribution is 2.27. The zero-order valence-electron chi connectivity index (χ0n) is 14.2. The van der Waals surface area contributed by atoms with E-state index >= 15 is 0 Å². The second-order valence-corrected chi connectivity index (χ2v) is 7.47. The molecular formula is C20H21ClN2O. The first-order chi connectivity index (χ1) is 11.4. The summed E-state index contributed by atoms with van der Waals surface area (Å²) in [6, 6.07) is 15.4. The summed E-state index contributed by atoms with van der Waals surface area (Å²) in [4.78, 5) is 17.6. The van der Waals surface area contributed by atoms with Crippen molar-refractivity contribution >= 4 is 28.5 Å². The smallest absolute Gasteiger partial charge is 0.232 e. The van der Waals surface area contributed by atoms with Crippen molar-refractivity contribution in [2.45, 2.75) is 39.0 Å². The molecular weight excluding hydrogens is 320 g/mol. The number of para-hydroxylation sites is 2. The van der Waals surface area contributed by atoms with Crippen LogP contribution in [0, 0.1) is 0 Å². The fourth-order valence-electron chi connectivity index (χ4n) is 2.80. The van der Waals surface area contributed by atoms with Gasteiger partial charge in [-0.2, -0.15) is 0 Å². The lowest BCUT2D eigenvalue weighted by Gasteiger charge is -2.19. The molecule has 0 bridgehead atoms. The Morgan fingerprint density at radius 1 is 1.08 bits per heavy atom. The molecule has 1 aromatic heterocycles. The van der Waals surface area contributed by atoms with Crippen LogP contribution in [0.5, 0.6) is 0 Å². The third-order valence-corrected chi connectivity index (χ3v) is 4.27. The van der Waals surface area contributed by atoms with E-state index in [9.17, 15) is 4.79 Å². The van der Waals surface area contributed by atoms with Crippen molar-refractivity contribution in [2.75, 3.05) is 0 Å². The molecule has 3 rings (SSSR count). The van der Waals surface area contributed by atoms with E-state index in [4.69, 9.17) is 16.6 Å². The monoisotopic (exact) mass is 340 g/mol. The topological polar surface area (TPSA) is 34.9 Å². The van der Waals surface area contributed by atoms with Crippen molar-refractivity contribution < 1.29 is 4.79 Å². The van der Waals surface area contributed by atoms with Gasteiger partial charge in [-0.1, -0.05) is 56.6 Å². The van der Waals surface area contributed by atoms with E-state index in [2.05, 4.69) is 20.8 Å². The highest BCUT2D eigenvalue weighted by Gasteiger charge is 2.25. The van der Waals surface area contributed by atoms with Crippen LogP contribution in [0.15, 0.2) is 48.5 Å². The normalized spacial score (nSPS) is 11.8. The molecule has 3 aromatic rings. The number of nitrogens with zero attached hydrogens (tertiary/aromatic N) is 2. The summed E-state index contributed by atoms with van der Waals surface area (Å²) in [6.07, 6.45) is 1.12. The minimum atomic E-state index is -0.199. The Morgan fingerprint density at radius 2 is 1.75 bits per heavy atom. The number of carbonyl (C=O) groups excluding carboxylic acids is 1. The lowest BCUT2D eigenvalue weighted by molar-refractivity contribution is 0.0900. The molecule has 24 heavy (non-hydrogen) atoms. The molecule has 0 spiro atoms. The molecule has 2 aromatic carbocycles. The molecule has 4 heteroatoms. The highest BCUT2D eigenvalue weighted by molar-refractivity contribution is 6.30. The molecule has 124 valence electrons. The fraction of sp³-hybridized carbons (Fsp3) is 0.300. The second kappa shape index (κ2) is 6.40. The largest absolute Gasteiger partial charge is 0.274 e. The Hall–Kier alpha value is -2.13. The van der Waals surface area contributed by atoms with Crippen LogP contribution in [0.3, 0.4) is 0 Å². The predicted molar refractivity (Wildman–Crippen MR) is 98.8 cm³/mol. The maximum atomic E-state index is 12.9. The molecule has 0 aliphatic heterocycles. The predicted octanol–water partition coefficient (Wildman–Crippen LogP) is 5.26. The Morgan fingerprint density at radius 3 is 2.42 bits per heavy atom. The number of benzene rings is 2. The molecule has 0 radical (unpaired) electrons. The third-order valence-electron chi connectivity index (χ3n) is 4.02. The number of aromatic nitrogens is 2. The van der Waals surface area contributed by atoms with E-state index < -0.39 is 0 Å². The van der Waals surface area contributed by atoms with Crippen LogP contribution < -0.4 is 0 Å². The maximum absolute atomic E-state index is 12.9. The SMILES string of the molecule is CC(C)(C)c1nc2ccccc2n1C(=O)CCc1ccc(Cl)cc1. The van der Waals surface area contributed by atoms with Crippen molar-refractivity contribution in [3.8, 4) is 0 Å². The van der Waals surface area contributed by atoms with E-state index in [1.165, 1.54) is 0 Å². The summed E-state index contributed by atoms with van der Waals surface area (Å²) >= 11 is 5.91. The van der Waals surface area contributed by atoms with E-state index in [1.54, 1.807) is 4.57 Å². The zero-order valence-corrected chi connectivity index (χ0v) is 15.0. The average molecular weight is 341 g/mol. The van der Waals surface area contributed by atoms with Crippen molar-refractivity contribution in [3.63, 3.8) is 0 Å². The van der Waals surface area contributed by atoms with Gasteiger partial charge in [-0.15, -0.1) is 0 Å². The Balaban J connectivity index is 1.92. The molecule has 0 saturated carbocycles. The van der Waals surface area contributed by atoms with Gasteiger partial charge in [0.05, 0.1) is 11.0 Å². The first kappa shape index (κ1) is 16.7. The molecule has 0 N–H and O–H groups in total. The van der Waals surface area contributed by atoms with Crippen molar-refractivity contribution in [1.82, 2.24) is 9.55 Å². The minimum absolute atomic E-state index is 0.0728. The fourth-order valence-corrected chi connectivity index (χ4v) is 2.92.